The minimum Gasteiger partial charge on any atom is -0.425 e. The third kappa shape index (κ3) is 2.22. The van der Waals surface area contributed by atoms with Crippen LogP contribution in [-0.2, 0) is 0 Å². The van der Waals surface area contributed by atoms with Gasteiger partial charge < -0.3 is 9.26 Å². The van der Waals surface area contributed by atoms with Gasteiger partial charge in [0.25, 0.3) is 5.88 Å². The lowest BCUT2D eigenvalue weighted by Crippen LogP contribution is -1.87. The quantitative estimate of drug-likeness (QED) is 0.567. The number of aliphatic imine (C=N–C) groups is 1. The van der Waals surface area contributed by atoms with Crippen molar-refractivity contribution in [3.63, 3.8) is 0 Å². The maximum atomic E-state index is 5.11. The van der Waals surface area contributed by atoms with Crippen LogP contribution in [0.2, 0.25) is 0 Å². The van der Waals surface area contributed by atoms with Gasteiger partial charge in [-0.25, -0.2) is 0 Å². The molecule has 0 unspecified atom stereocenters. The van der Waals surface area contributed by atoms with E-state index in [1.165, 1.54) is 6.40 Å². The maximum absolute atomic E-state index is 5.11. The van der Waals surface area contributed by atoms with E-state index in [0.717, 1.165) is 5.56 Å². The van der Waals surface area contributed by atoms with Crippen molar-refractivity contribution < 1.29 is 9.26 Å². The largest absolute Gasteiger partial charge is 0.425 e. The van der Waals surface area contributed by atoms with Gasteiger partial charge in [0.05, 0.1) is 6.07 Å². The number of rotatable bonds is 3. The van der Waals surface area contributed by atoms with E-state index in [1.807, 2.05) is 30.3 Å². The Morgan fingerprint density at radius 3 is 2.87 bits per heavy atom. The number of hydrogen-bond donors (Lipinski definition) is 0. The molecule has 0 N–H and O–H groups in total. The zero-order valence-electron chi connectivity index (χ0n) is 8.25. The molecule has 0 aliphatic carbocycles. The van der Waals surface area contributed by atoms with Crippen LogP contribution in [0.4, 0.5) is 0 Å². The number of nitrogens with zero attached hydrogens (tertiary/aromatic N) is 2. The summed E-state index contributed by atoms with van der Waals surface area (Å²) in [6.45, 7) is 0. The summed E-state index contributed by atoms with van der Waals surface area (Å²) in [6.07, 6.45) is 1.31. The molecule has 1 heterocycles. The van der Waals surface area contributed by atoms with E-state index >= 15 is 0 Å². The third-order valence-electron chi connectivity index (χ3n) is 1.83. The Balaban J connectivity index is 2.20. The van der Waals surface area contributed by atoms with Gasteiger partial charge in [-0.1, -0.05) is 30.3 Å². The highest BCUT2D eigenvalue weighted by molar-refractivity contribution is 5.59. The molecule has 0 radical (unpaired) electrons. The molecule has 0 fully saturated rings. The van der Waals surface area contributed by atoms with Crippen molar-refractivity contribution in [2.75, 3.05) is 7.05 Å². The lowest BCUT2D eigenvalue weighted by Gasteiger charge is -1.91. The standard InChI is InChI=1S/C11H10N2O2/c1-12-8-14-11-7-10(15-13-11)9-5-3-2-4-6-9/h2-8H,1H3/b12-8-. The molecule has 0 saturated carbocycles. The molecule has 76 valence electrons. The van der Waals surface area contributed by atoms with E-state index in [0.29, 0.717) is 11.6 Å². The van der Waals surface area contributed by atoms with Gasteiger partial charge in [-0.2, -0.15) is 0 Å². The second-order valence-corrected chi connectivity index (χ2v) is 2.88. The van der Waals surface area contributed by atoms with Gasteiger partial charge in [0.1, 0.15) is 0 Å². The van der Waals surface area contributed by atoms with Crippen molar-refractivity contribution in [1.29, 1.82) is 0 Å². The van der Waals surface area contributed by atoms with Crippen LogP contribution in [0, 0.1) is 0 Å². The van der Waals surface area contributed by atoms with Crippen LogP contribution in [-0.4, -0.2) is 18.6 Å². The van der Waals surface area contributed by atoms with Gasteiger partial charge >= 0.3 is 0 Å². The van der Waals surface area contributed by atoms with Crippen molar-refractivity contribution in [1.82, 2.24) is 5.16 Å². The van der Waals surface area contributed by atoms with Crippen molar-refractivity contribution >= 4 is 6.40 Å². The second-order valence-electron chi connectivity index (χ2n) is 2.88. The second kappa shape index (κ2) is 4.41. The molecule has 0 aliphatic heterocycles. The summed E-state index contributed by atoms with van der Waals surface area (Å²) in [5.74, 6) is 1.08. The molecule has 0 bridgehead atoms. The van der Waals surface area contributed by atoms with Crippen molar-refractivity contribution in [2.45, 2.75) is 0 Å². The Labute approximate surface area is 87.2 Å². The number of aromatic nitrogens is 1. The zero-order chi connectivity index (χ0) is 10.5. The van der Waals surface area contributed by atoms with Crippen LogP contribution in [0.1, 0.15) is 0 Å². The first-order chi connectivity index (χ1) is 7.40. The van der Waals surface area contributed by atoms with Crippen LogP contribution < -0.4 is 4.74 Å². The highest BCUT2D eigenvalue weighted by Gasteiger charge is 2.05. The summed E-state index contributed by atoms with van der Waals surface area (Å²) in [5.41, 5.74) is 0.966. The van der Waals surface area contributed by atoms with E-state index in [4.69, 9.17) is 9.26 Å². The van der Waals surface area contributed by atoms with Crippen LogP contribution in [0.5, 0.6) is 5.88 Å². The first kappa shape index (κ1) is 9.45. The fourth-order valence-electron chi connectivity index (χ4n) is 1.16. The third-order valence-corrected chi connectivity index (χ3v) is 1.83. The minimum atomic E-state index is 0.402. The lowest BCUT2D eigenvalue weighted by atomic mass is 10.2. The zero-order valence-corrected chi connectivity index (χ0v) is 8.25. The SMILES string of the molecule is C/N=C\Oc1cc(-c2ccccc2)on1. The number of hydrogen-bond acceptors (Lipinski definition) is 4. The molecule has 4 heteroatoms. The molecule has 0 amide bonds. The average Bonchev–Trinajstić information content (AvgIpc) is 2.76. The smallest absolute Gasteiger partial charge is 0.260 e. The summed E-state index contributed by atoms with van der Waals surface area (Å²) >= 11 is 0. The predicted octanol–water partition coefficient (Wildman–Crippen LogP) is 2.38. The molecule has 1 aromatic carbocycles. The molecule has 0 aliphatic rings. The first-order valence-corrected chi connectivity index (χ1v) is 4.49. The van der Waals surface area contributed by atoms with E-state index in [1.54, 1.807) is 13.1 Å². The van der Waals surface area contributed by atoms with Crippen LogP contribution >= 0.6 is 0 Å². The Hall–Kier alpha value is -2.10. The molecule has 0 atom stereocenters. The fourth-order valence-corrected chi connectivity index (χ4v) is 1.16. The summed E-state index contributed by atoms with van der Waals surface area (Å²) in [4.78, 5) is 3.68. The molecule has 2 rings (SSSR count). The highest BCUT2D eigenvalue weighted by Crippen LogP contribution is 2.22. The van der Waals surface area contributed by atoms with Gasteiger partial charge in [-0.05, 0) is 5.16 Å². The summed E-state index contributed by atoms with van der Waals surface area (Å²) in [5, 5.41) is 3.74. The maximum Gasteiger partial charge on any atom is 0.260 e. The fraction of sp³-hybridized carbons (Fsp3) is 0.0909. The average molecular weight is 202 g/mol. The normalized spacial score (nSPS) is 10.7. The Bertz CT molecular complexity index is 449. The van der Waals surface area contributed by atoms with Gasteiger partial charge in [0.15, 0.2) is 12.2 Å². The monoisotopic (exact) mass is 202 g/mol. The van der Waals surface area contributed by atoms with E-state index < -0.39 is 0 Å². The lowest BCUT2D eigenvalue weighted by molar-refractivity contribution is 0.395. The summed E-state index contributed by atoms with van der Waals surface area (Å²) < 4.78 is 10.2. The predicted molar refractivity (Wildman–Crippen MR) is 57.0 cm³/mol. The Kier molecular flexibility index (Phi) is 2.78. The Morgan fingerprint density at radius 2 is 2.13 bits per heavy atom. The van der Waals surface area contributed by atoms with Crippen molar-refractivity contribution in [2.24, 2.45) is 4.99 Å². The van der Waals surface area contributed by atoms with Crippen molar-refractivity contribution in [3.05, 3.63) is 36.4 Å². The minimum absolute atomic E-state index is 0.402. The molecule has 0 spiro atoms. The van der Waals surface area contributed by atoms with E-state index in [-0.39, 0.29) is 0 Å². The van der Waals surface area contributed by atoms with Crippen molar-refractivity contribution in [3.8, 4) is 17.2 Å². The van der Waals surface area contributed by atoms with Gasteiger partial charge in [-0.3, -0.25) is 4.99 Å². The van der Waals surface area contributed by atoms with Gasteiger partial charge in [0, 0.05) is 12.6 Å². The van der Waals surface area contributed by atoms with E-state index in [9.17, 15) is 0 Å². The molecular formula is C11H10N2O2. The molecule has 1 aromatic heterocycles. The van der Waals surface area contributed by atoms with Gasteiger partial charge in [-0.15, -0.1) is 0 Å². The summed E-state index contributed by atoms with van der Waals surface area (Å²) in [7, 11) is 1.62. The highest BCUT2D eigenvalue weighted by atomic mass is 16.5. The van der Waals surface area contributed by atoms with Gasteiger partial charge in [0.2, 0.25) is 0 Å². The molecule has 2 aromatic rings. The summed E-state index contributed by atoms with van der Waals surface area (Å²) in [6, 6.07) is 11.4. The number of benzene rings is 1. The van der Waals surface area contributed by atoms with E-state index in [2.05, 4.69) is 10.1 Å². The molecule has 15 heavy (non-hydrogen) atoms. The molecule has 4 nitrogen and oxygen atoms in total. The first-order valence-electron chi connectivity index (χ1n) is 4.49. The molecule has 0 saturated heterocycles. The van der Waals surface area contributed by atoms with Crippen LogP contribution in [0.15, 0.2) is 45.9 Å². The topological polar surface area (TPSA) is 47.6 Å². The Morgan fingerprint density at radius 1 is 1.33 bits per heavy atom. The van der Waals surface area contributed by atoms with Crippen LogP contribution in [0.3, 0.4) is 0 Å². The number of ether oxygens (including phenoxy) is 1. The molecular weight excluding hydrogens is 192 g/mol. The van der Waals surface area contributed by atoms with Crippen LogP contribution in [0.25, 0.3) is 11.3 Å².